The van der Waals surface area contributed by atoms with Crippen molar-refractivity contribution in [2.24, 2.45) is 0 Å². The summed E-state index contributed by atoms with van der Waals surface area (Å²) in [6, 6.07) is 10.9. The van der Waals surface area contributed by atoms with Crippen molar-refractivity contribution in [3.05, 3.63) is 63.6 Å². The van der Waals surface area contributed by atoms with Crippen LogP contribution in [0, 0.1) is 0 Å². The van der Waals surface area contributed by atoms with E-state index in [1.807, 2.05) is 0 Å². The van der Waals surface area contributed by atoms with Crippen molar-refractivity contribution in [3.63, 3.8) is 0 Å². The second-order valence-corrected chi connectivity index (χ2v) is 8.03. The minimum absolute atomic E-state index is 0.0170. The van der Waals surface area contributed by atoms with Gasteiger partial charge in [-0.15, -0.1) is 0 Å². The molecule has 128 valence electrons. The summed E-state index contributed by atoms with van der Waals surface area (Å²) < 4.78 is 30.7. The summed E-state index contributed by atoms with van der Waals surface area (Å²) in [5.74, 6) is -0.665. The van der Waals surface area contributed by atoms with Gasteiger partial charge in [0.1, 0.15) is 11.5 Å². The lowest BCUT2D eigenvalue weighted by Gasteiger charge is -2.13. The van der Waals surface area contributed by atoms with Gasteiger partial charge in [-0.2, -0.15) is 0 Å². The van der Waals surface area contributed by atoms with E-state index in [9.17, 15) is 13.2 Å². The normalized spacial score (nSPS) is 11.5. The average molecular weight is 388 g/mol. The number of sulfonamides is 1. The molecule has 2 rings (SSSR count). The van der Waals surface area contributed by atoms with Crippen molar-refractivity contribution in [1.82, 2.24) is 4.31 Å². The van der Waals surface area contributed by atoms with Crippen LogP contribution in [-0.2, 0) is 21.4 Å². The van der Waals surface area contributed by atoms with Crippen molar-refractivity contribution in [2.45, 2.75) is 11.5 Å². The quantitative estimate of drug-likeness (QED) is 0.735. The minimum Gasteiger partial charge on any atom is -0.457 e. The Labute approximate surface area is 150 Å². The third-order valence-corrected chi connectivity index (χ3v) is 5.91. The molecule has 0 saturated carbocycles. The molecule has 8 heteroatoms. The number of carbonyl (C=O) groups is 1. The molecular weight excluding hydrogens is 373 g/mol. The number of ether oxygens (including phenoxy) is 1. The van der Waals surface area contributed by atoms with Gasteiger partial charge in [0.05, 0.1) is 10.6 Å². The molecule has 0 aliphatic heterocycles. The molecule has 0 unspecified atom stereocenters. The van der Waals surface area contributed by atoms with E-state index in [1.165, 1.54) is 32.3 Å². The largest absolute Gasteiger partial charge is 0.457 e. The summed E-state index contributed by atoms with van der Waals surface area (Å²) in [6.07, 6.45) is 0. The standard InChI is InChI=1S/C16H15Cl2NO4S/c1-19(2)24(21,22)15-9-11(7-8-14(15)18)16(20)23-10-12-5-3-4-6-13(12)17/h3-9H,10H2,1-2H3. The zero-order chi connectivity index (χ0) is 17.9. The summed E-state index contributed by atoms with van der Waals surface area (Å²) in [5.41, 5.74) is 0.745. The maximum Gasteiger partial charge on any atom is 0.338 e. The van der Waals surface area contributed by atoms with Crippen LogP contribution >= 0.6 is 23.2 Å². The Kier molecular flexibility index (Phi) is 5.87. The van der Waals surface area contributed by atoms with E-state index in [1.54, 1.807) is 24.3 Å². The third-order valence-electron chi connectivity index (χ3n) is 3.24. The molecule has 0 saturated heterocycles. The van der Waals surface area contributed by atoms with E-state index in [0.29, 0.717) is 10.6 Å². The zero-order valence-electron chi connectivity index (χ0n) is 13.0. The van der Waals surface area contributed by atoms with E-state index in [-0.39, 0.29) is 22.1 Å². The molecule has 0 aliphatic carbocycles. The highest BCUT2D eigenvalue weighted by Crippen LogP contribution is 2.25. The molecule has 0 aromatic heterocycles. The second-order valence-electron chi connectivity index (χ2n) is 5.10. The van der Waals surface area contributed by atoms with Gasteiger partial charge in [-0.1, -0.05) is 41.4 Å². The molecule has 0 aliphatic rings. The van der Waals surface area contributed by atoms with E-state index in [0.717, 1.165) is 4.31 Å². The number of carbonyl (C=O) groups excluding carboxylic acids is 1. The lowest BCUT2D eigenvalue weighted by atomic mass is 10.2. The molecule has 0 heterocycles. The first-order valence-electron chi connectivity index (χ1n) is 6.86. The fraction of sp³-hybridized carbons (Fsp3) is 0.188. The summed E-state index contributed by atoms with van der Waals surface area (Å²) in [4.78, 5) is 12.0. The van der Waals surface area contributed by atoms with Crippen molar-refractivity contribution in [3.8, 4) is 0 Å². The van der Waals surface area contributed by atoms with E-state index in [2.05, 4.69) is 0 Å². The Balaban J connectivity index is 2.23. The van der Waals surface area contributed by atoms with Gasteiger partial charge in [-0.3, -0.25) is 0 Å². The monoisotopic (exact) mass is 387 g/mol. The van der Waals surface area contributed by atoms with Gasteiger partial charge in [0.2, 0.25) is 10.0 Å². The predicted octanol–water partition coefficient (Wildman–Crippen LogP) is 3.60. The van der Waals surface area contributed by atoms with Crippen LogP contribution in [0.1, 0.15) is 15.9 Å². The molecule has 0 spiro atoms. The van der Waals surface area contributed by atoms with Gasteiger partial charge < -0.3 is 4.74 Å². The van der Waals surface area contributed by atoms with Crippen molar-refractivity contribution in [1.29, 1.82) is 0 Å². The van der Waals surface area contributed by atoms with Gasteiger partial charge >= 0.3 is 5.97 Å². The molecule has 0 radical (unpaired) electrons. The van der Waals surface area contributed by atoms with Gasteiger partial charge in [0, 0.05) is 24.7 Å². The van der Waals surface area contributed by atoms with E-state index >= 15 is 0 Å². The minimum atomic E-state index is -3.76. The van der Waals surface area contributed by atoms with Crippen LogP contribution in [0.15, 0.2) is 47.4 Å². The molecule has 0 N–H and O–H groups in total. The van der Waals surface area contributed by atoms with Gasteiger partial charge in [-0.25, -0.2) is 17.5 Å². The van der Waals surface area contributed by atoms with Crippen molar-refractivity contribution >= 4 is 39.2 Å². The molecule has 0 atom stereocenters. The highest BCUT2D eigenvalue weighted by Gasteiger charge is 2.22. The third kappa shape index (κ3) is 4.08. The number of rotatable bonds is 5. The van der Waals surface area contributed by atoms with Gasteiger partial charge in [-0.05, 0) is 24.3 Å². The number of hydrogen-bond acceptors (Lipinski definition) is 4. The van der Waals surface area contributed by atoms with E-state index in [4.69, 9.17) is 27.9 Å². The Morgan fingerprint density at radius 1 is 1.08 bits per heavy atom. The predicted molar refractivity (Wildman–Crippen MR) is 92.9 cm³/mol. The Bertz CT molecular complexity index is 866. The molecule has 24 heavy (non-hydrogen) atoms. The summed E-state index contributed by atoms with van der Waals surface area (Å²) >= 11 is 11.9. The summed E-state index contributed by atoms with van der Waals surface area (Å²) in [5, 5.41) is 0.517. The van der Waals surface area contributed by atoms with Crippen LogP contribution < -0.4 is 0 Å². The first kappa shape index (κ1) is 18.7. The maximum atomic E-state index is 12.2. The van der Waals surface area contributed by atoms with Crippen LogP contribution in [0.25, 0.3) is 0 Å². The molecular formula is C16H15Cl2NO4S. The molecule has 0 amide bonds. The highest BCUT2D eigenvalue weighted by molar-refractivity contribution is 7.89. The van der Waals surface area contributed by atoms with Crippen molar-refractivity contribution in [2.75, 3.05) is 14.1 Å². The van der Waals surface area contributed by atoms with Crippen LogP contribution in [0.2, 0.25) is 10.0 Å². The first-order chi connectivity index (χ1) is 11.2. The Morgan fingerprint density at radius 2 is 1.75 bits per heavy atom. The number of hydrogen-bond donors (Lipinski definition) is 0. The number of nitrogens with zero attached hydrogens (tertiary/aromatic N) is 1. The first-order valence-corrected chi connectivity index (χ1v) is 9.05. The van der Waals surface area contributed by atoms with Gasteiger partial charge in [0.25, 0.3) is 0 Å². The van der Waals surface area contributed by atoms with Crippen LogP contribution in [-0.4, -0.2) is 32.8 Å². The van der Waals surface area contributed by atoms with Crippen LogP contribution in [0.5, 0.6) is 0 Å². The molecule has 0 fully saturated rings. The highest BCUT2D eigenvalue weighted by atomic mass is 35.5. The van der Waals surface area contributed by atoms with Crippen LogP contribution in [0.3, 0.4) is 0 Å². The fourth-order valence-corrected chi connectivity index (χ4v) is 3.45. The number of benzene rings is 2. The average Bonchev–Trinajstić information content (AvgIpc) is 2.54. The topological polar surface area (TPSA) is 63.7 Å². The Hall–Kier alpha value is -1.60. The number of halogens is 2. The summed E-state index contributed by atoms with van der Waals surface area (Å²) in [7, 11) is -0.999. The number of esters is 1. The Morgan fingerprint density at radius 3 is 2.38 bits per heavy atom. The summed E-state index contributed by atoms with van der Waals surface area (Å²) in [6.45, 7) is -0.0170. The zero-order valence-corrected chi connectivity index (χ0v) is 15.3. The molecule has 0 bridgehead atoms. The fourth-order valence-electron chi connectivity index (χ4n) is 1.87. The van der Waals surface area contributed by atoms with E-state index < -0.39 is 16.0 Å². The molecule has 5 nitrogen and oxygen atoms in total. The van der Waals surface area contributed by atoms with Crippen molar-refractivity contribution < 1.29 is 17.9 Å². The SMILES string of the molecule is CN(C)S(=O)(=O)c1cc(C(=O)OCc2ccccc2Cl)ccc1Cl. The lowest BCUT2D eigenvalue weighted by Crippen LogP contribution is -2.23. The smallest absolute Gasteiger partial charge is 0.338 e. The van der Waals surface area contributed by atoms with Crippen LogP contribution in [0.4, 0.5) is 0 Å². The second kappa shape index (κ2) is 7.53. The molecule has 2 aromatic carbocycles. The van der Waals surface area contributed by atoms with Gasteiger partial charge in [0.15, 0.2) is 0 Å². The molecule has 2 aromatic rings. The lowest BCUT2D eigenvalue weighted by molar-refractivity contribution is 0.0472. The maximum absolute atomic E-state index is 12.2.